The monoisotopic (exact) mass is 436 g/mol. The van der Waals surface area contributed by atoms with E-state index in [0.717, 1.165) is 35.9 Å². The van der Waals surface area contributed by atoms with Crippen LogP contribution in [0.4, 0.5) is 0 Å². The van der Waals surface area contributed by atoms with Crippen LogP contribution >= 0.6 is 11.6 Å². The number of nitrogens with zero attached hydrogens (tertiary/aromatic N) is 1. The summed E-state index contributed by atoms with van der Waals surface area (Å²) in [5.74, 6) is 0.727. The Hall–Kier alpha value is -2.09. The van der Waals surface area contributed by atoms with Gasteiger partial charge in [-0.2, -0.15) is 0 Å². The van der Waals surface area contributed by atoms with Crippen molar-refractivity contribution in [2.24, 2.45) is 15.5 Å². The first-order chi connectivity index (χ1) is 13.6. The summed E-state index contributed by atoms with van der Waals surface area (Å²) < 4.78 is 22.6. The summed E-state index contributed by atoms with van der Waals surface area (Å²) in [4.78, 5) is 4.39. The van der Waals surface area contributed by atoms with Crippen LogP contribution in [0.3, 0.4) is 0 Å². The van der Waals surface area contributed by atoms with Gasteiger partial charge >= 0.3 is 0 Å². The third-order valence-electron chi connectivity index (χ3n) is 4.49. The van der Waals surface area contributed by atoms with Gasteiger partial charge in [-0.25, -0.2) is 13.6 Å². The molecule has 0 fully saturated rings. The Morgan fingerprint density at radius 2 is 1.79 bits per heavy atom. The lowest BCUT2D eigenvalue weighted by molar-refractivity contribution is 0.359. The molecule has 0 saturated heterocycles. The molecule has 0 amide bonds. The molecule has 2 aromatic rings. The Kier molecular flexibility index (Phi) is 8.07. The maximum atomic E-state index is 11.3. The maximum absolute atomic E-state index is 11.3. The van der Waals surface area contributed by atoms with E-state index in [0.29, 0.717) is 6.54 Å². The third kappa shape index (κ3) is 8.04. The van der Waals surface area contributed by atoms with E-state index in [2.05, 4.69) is 35.5 Å². The molecule has 0 bridgehead atoms. The Morgan fingerprint density at radius 1 is 1.10 bits per heavy atom. The van der Waals surface area contributed by atoms with Crippen molar-refractivity contribution >= 4 is 27.6 Å². The molecule has 2 rings (SSSR count). The van der Waals surface area contributed by atoms with Crippen LogP contribution < -0.4 is 15.8 Å². The van der Waals surface area contributed by atoms with Crippen LogP contribution in [0.1, 0.15) is 25.0 Å². The quantitative estimate of drug-likeness (QED) is 0.437. The zero-order valence-corrected chi connectivity index (χ0v) is 18.6. The Labute approximate surface area is 178 Å². The Balaban J connectivity index is 1.81. The highest BCUT2D eigenvalue weighted by atomic mass is 35.5. The predicted octanol–water partition coefficient (Wildman–Crippen LogP) is 2.96. The number of nitrogens with one attached hydrogen (secondary N) is 2. The number of nitrogens with two attached hydrogens (primary N) is 1. The van der Waals surface area contributed by atoms with Crippen molar-refractivity contribution in [1.29, 1.82) is 0 Å². The van der Waals surface area contributed by atoms with Crippen LogP contribution in [0.15, 0.2) is 58.4 Å². The van der Waals surface area contributed by atoms with E-state index in [9.17, 15) is 8.42 Å². The molecule has 29 heavy (non-hydrogen) atoms. The zero-order valence-electron chi connectivity index (χ0n) is 17.1. The number of hydrogen-bond acceptors (Lipinski definition) is 3. The van der Waals surface area contributed by atoms with Crippen LogP contribution in [0.2, 0.25) is 5.02 Å². The second-order valence-electron chi connectivity index (χ2n) is 7.76. The second kappa shape index (κ2) is 10.1. The standard InChI is InChI=1S/C21H29ClN4O2S/c1-21(2,14-17-5-4-6-18(22)13-17)15-26-20(24-3)25-12-11-16-7-9-19(10-8-16)29(23,27)28/h4-10,13H,11-12,14-15H2,1-3H3,(H2,23,27,28)(H2,24,25,26). The van der Waals surface area contributed by atoms with E-state index >= 15 is 0 Å². The van der Waals surface area contributed by atoms with Gasteiger partial charge in [0.1, 0.15) is 0 Å². The summed E-state index contributed by atoms with van der Waals surface area (Å²) >= 11 is 6.08. The number of sulfonamides is 1. The first-order valence-corrected chi connectivity index (χ1v) is 11.3. The van der Waals surface area contributed by atoms with Crippen molar-refractivity contribution in [3.8, 4) is 0 Å². The fourth-order valence-electron chi connectivity index (χ4n) is 2.98. The molecule has 0 heterocycles. The van der Waals surface area contributed by atoms with Crippen LogP contribution in [0, 0.1) is 5.41 Å². The highest BCUT2D eigenvalue weighted by Crippen LogP contribution is 2.22. The van der Waals surface area contributed by atoms with Crippen molar-refractivity contribution in [1.82, 2.24) is 10.6 Å². The average Bonchev–Trinajstić information content (AvgIpc) is 2.64. The SMILES string of the molecule is CN=C(NCCc1ccc(S(N)(=O)=O)cc1)NCC(C)(C)Cc1cccc(Cl)c1. The number of guanidine groups is 1. The fourth-order valence-corrected chi connectivity index (χ4v) is 3.70. The molecular weight excluding hydrogens is 408 g/mol. The van der Waals surface area contributed by atoms with Crippen molar-refractivity contribution in [3.05, 3.63) is 64.7 Å². The molecule has 6 nitrogen and oxygen atoms in total. The molecule has 2 aromatic carbocycles. The van der Waals surface area contributed by atoms with Crippen LogP contribution in [-0.4, -0.2) is 34.5 Å². The summed E-state index contributed by atoms with van der Waals surface area (Å²) in [5, 5.41) is 12.5. The van der Waals surface area contributed by atoms with E-state index in [1.807, 2.05) is 18.2 Å². The van der Waals surface area contributed by atoms with E-state index in [1.54, 1.807) is 19.2 Å². The van der Waals surface area contributed by atoms with Gasteiger partial charge in [-0.15, -0.1) is 0 Å². The lowest BCUT2D eigenvalue weighted by atomic mass is 9.86. The first kappa shape index (κ1) is 23.2. The number of halogens is 1. The highest BCUT2D eigenvalue weighted by molar-refractivity contribution is 7.89. The molecule has 0 aliphatic rings. The summed E-state index contributed by atoms with van der Waals surface area (Å²) in [5.41, 5.74) is 2.24. The number of aliphatic imine (C=N–C) groups is 1. The molecule has 0 aromatic heterocycles. The van der Waals surface area contributed by atoms with Gasteiger partial charge in [-0.1, -0.05) is 49.7 Å². The summed E-state index contributed by atoms with van der Waals surface area (Å²) in [6.07, 6.45) is 1.63. The van der Waals surface area contributed by atoms with E-state index in [-0.39, 0.29) is 10.3 Å². The minimum absolute atomic E-state index is 0.0197. The predicted molar refractivity (Wildman–Crippen MR) is 120 cm³/mol. The van der Waals surface area contributed by atoms with Crippen molar-refractivity contribution in [2.75, 3.05) is 20.1 Å². The maximum Gasteiger partial charge on any atom is 0.238 e. The van der Waals surface area contributed by atoms with Gasteiger partial charge in [0, 0.05) is 25.2 Å². The molecule has 0 spiro atoms. The smallest absolute Gasteiger partial charge is 0.238 e. The lowest BCUT2D eigenvalue weighted by Gasteiger charge is -2.26. The Morgan fingerprint density at radius 3 is 2.38 bits per heavy atom. The minimum atomic E-state index is -3.66. The molecule has 4 N–H and O–H groups in total. The van der Waals surface area contributed by atoms with Crippen molar-refractivity contribution in [3.63, 3.8) is 0 Å². The van der Waals surface area contributed by atoms with Crippen LogP contribution in [0.5, 0.6) is 0 Å². The molecule has 0 radical (unpaired) electrons. The van der Waals surface area contributed by atoms with Crippen LogP contribution in [-0.2, 0) is 22.9 Å². The molecule has 0 atom stereocenters. The molecule has 0 aliphatic heterocycles. The molecule has 0 saturated carbocycles. The zero-order chi connectivity index (χ0) is 21.5. The molecule has 158 valence electrons. The second-order valence-corrected chi connectivity index (χ2v) is 9.76. The summed E-state index contributed by atoms with van der Waals surface area (Å²) in [6.45, 7) is 5.81. The summed E-state index contributed by atoms with van der Waals surface area (Å²) in [7, 11) is -1.92. The van der Waals surface area contributed by atoms with Gasteiger partial charge in [0.05, 0.1) is 4.90 Å². The largest absolute Gasteiger partial charge is 0.356 e. The van der Waals surface area contributed by atoms with Crippen molar-refractivity contribution < 1.29 is 8.42 Å². The highest BCUT2D eigenvalue weighted by Gasteiger charge is 2.19. The third-order valence-corrected chi connectivity index (χ3v) is 5.65. The lowest BCUT2D eigenvalue weighted by Crippen LogP contribution is -2.43. The normalized spacial score (nSPS) is 12.7. The van der Waals surface area contributed by atoms with Gasteiger partial charge in [0.2, 0.25) is 10.0 Å². The van der Waals surface area contributed by atoms with Gasteiger partial charge in [0.15, 0.2) is 5.96 Å². The molecule has 0 aliphatic carbocycles. The number of hydrogen-bond donors (Lipinski definition) is 3. The molecule has 0 unspecified atom stereocenters. The van der Waals surface area contributed by atoms with E-state index in [1.165, 1.54) is 17.7 Å². The number of rotatable bonds is 8. The molecule has 8 heteroatoms. The van der Waals surface area contributed by atoms with E-state index < -0.39 is 10.0 Å². The first-order valence-electron chi connectivity index (χ1n) is 9.40. The topological polar surface area (TPSA) is 96.6 Å². The van der Waals surface area contributed by atoms with E-state index in [4.69, 9.17) is 16.7 Å². The van der Waals surface area contributed by atoms with Gasteiger partial charge in [0.25, 0.3) is 0 Å². The summed E-state index contributed by atoms with van der Waals surface area (Å²) in [6, 6.07) is 14.5. The van der Waals surface area contributed by atoms with Gasteiger partial charge < -0.3 is 10.6 Å². The van der Waals surface area contributed by atoms with Crippen molar-refractivity contribution in [2.45, 2.75) is 31.6 Å². The van der Waals surface area contributed by atoms with Gasteiger partial charge in [-0.05, 0) is 53.6 Å². The van der Waals surface area contributed by atoms with Crippen LogP contribution in [0.25, 0.3) is 0 Å². The minimum Gasteiger partial charge on any atom is -0.356 e. The number of benzene rings is 2. The van der Waals surface area contributed by atoms with Gasteiger partial charge in [-0.3, -0.25) is 4.99 Å². The Bertz CT molecular complexity index is 941. The average molecular weight is 437 g/mol. The fraction of sp³-hybridized carbons (Fsp3) is 0.381. The number of primary sulfonamides is 1. The molecular formula is C21H29ClN4O2S.